The second-order valence-corrected chi connectivity index (χ2v) is 13.1. The van der Waals surface area contributed by atoms with E-state index in [1.165, 1.54) is 4.70 Å². The summed E-state index contributed by atoms with van der Waals surface area (Å²) in [5.74, 6) is 2.41. The van der Waals surface area contributed by atoms with E-state index < -0.39 is 0 Å². The second kappa shape index (κ2) is 11.5. The highest BCUT2D eigenvalue weighted by molar-refractivity contribution is 7.26. The zero-order valence-electron chi connectivity index (χ0n) is 26.5. The summed E-state index contributed by atoms with van der Waals surface area (Å²) in [5, 5.41) is 3.11. The first-order chi connectivity index (χ1) is 24.8. The molecule has 234 valence electrons. The van der Waals surface area contributed by atoms with Gasteiger partial charge >= 0.3 is 0 Å². The van der Waals surface area contributed by atoms with Gasteiger partial charge in [0, 0.05) is 43.1 Å². The molecule has 10 rings (SSSR count). The van der Waals surface area contributed by atoms with E-state index in [-0.39, 0.29) is 0 Å². The SMILES string of the molecule is c1ccc(-c2nc(-c3ccccc3)nc(-c3cccc4c3oc3cc(-c5nc(-c6ccccc6)c6sc7ccccc7c6n5)ccc34)n2)cc1. The minimum Gasteiger partial charge on any atom is -0.455 e. The Kier molecular flexibility index (Phi) is 6.57. The molecule has 7 heteroatoms. The maximum atomic E-state index is 6.70. The van der Waals surface area contributed by atoms with Crippen molar-refractivity contribution in [2.45, 2.75) is 0 Å². The van der Waals surface area contributed by atoms with Gasteiger partial charge in [0.05, 0.1) is 21.5 Å². The summed E-state index contributed by atoms with van der Waals surface area (Å²) >= 11 is 1.73. The van der Waals surface area contributed by atoms with E-state index >= 15 is 0 Å². The van der Waals surface area contributed by atoms with Crippen LogP contribution in [0.3, 0.4) is 0 Å². The summed E-state index contributed by atoms with van der Waals surface area (Å²) in [5.41, 5.74) is 7.91. The summed E-state index contributed by atoms with van der Waals surface area (Å²) < 4.78 is 8.97. The zero-order valence-corrected chi connectivity index (χ0v) is 27.3. The predicted molar refractivity (Wildman–Crippen MR) is 203 cm³/mol. The van der Waals surface area contributed by atoms with Gasteiger partial charge in [0.2, 0.25) is 0 Å². The molecule has 0 fully saturated rings. The number of para-hydroxylation sites is 1. The molecule has 0 aliphatic heterocycles. The monoisotopic (exact) mass is 659 g/mol. The van der Waals surface area contributed by atoms with Gasteiger partial charge in [-0.3, -0.25) is 0 Å². The molecular formula is C43H25N5OS. The Labute approximate surface area is 290 Å². The lowest BCUT2D eigenvalue weighted by atomic mass is 10.1. The van der Waals surface area contributed by atoms with Crippen LogP contribution in [0, 0.1) is 0 Å². The minimum atomic E-state index is 0.549. The molecule has 0 saturated carbocycles. The minimum absolute atomic E-state index is 0.549. The number of benzene rings is 6. The number of thiophene rings is 1. The van der Waals surface area contributed by atoms with Crippen molar-refractivity contribution in [1.29, 1.82) is 0 Å². The van der Waals surface area contributed by atoms with Crippen molar-refractivity contribution < 1.29 is 4.42 Å². The summed E-state index contributed by atoms with van der Waals surface area (Å²) in [7, 11) is 0. The van der Waals surface area contributed by atoms with Crippen LogP contribution in [0.2, 0.25) is 0 Å². The third kappa shape index (κ3) is 4.75. The normalized spacial score (nSPS) is 11.6. The molecule has 6 aromatic carbocycles. The fourth-order valence-electron chi connectivity index (χ4n) is 6.55. The Bertz CT molecular complexity index is 2810. The third-order valence-electron chi connectivity index (χ3n) is 8.96. The number of fused-ring (bicyclic) bond motifs is 6. The van der Waals surface area contributed by atoms with Crippen molar-refractivity contribution in [3.8, 4) is 56.8 Å². The maximum absolute atomic E-state index is 6.70. The van der Waals surface area contributed by atoms with Crippen LogP contribution in [-0.2, 0) is 0 Å². The van der Waals surface area contributed by atoms with Crippen LogP contribution in [0.4, 0.5) is 0 Å². The first kappa shape index (κ1) is 28.4. The second-order valence-electron chi connectivity index (χ2n) is 12.1. The Hall–Kier alpha value is -6.57. The summed E-state index contributed by atoms with van der Waals surface area (Å²) in [6.07, 6.45) is 0. The van der Waals surface area contributed by atoms with E-state index in [0.29, 0.717) is 28.9 Å². The number of hydrogen-bond acceptors (Lipinski definition) is 7. The molecule has 0 unspecified atom stereocenters. The van der Waals surface area contributed by atoms with Crippen molar-refractivity contribution >= 4 is 53.6 Å². The molecule has 0 amide bonds. The first-order valence-corrected chi connectivity index (χ1v) is 17.2. The fourth-order valence-corrected chi connectivity index (χ4v) is 7.71. The van der Waals surface area contributed by atoms with Gasteiger partial charge in [0.15, 0.2) is 23.3 Å². The summed E-state index contributed by atoms with van der Waals surface area (Å²) in [6, 6.07) is 51.1. The first-order valence-electron chi connectivity index (χ1n) is 16.3. The Morgan fingerprint density at radius 2 is 1.02 bits per heavy atom. The van der Waals surface area contributed by atoms with Gasteiger partial charge in [-0.25, -0.2) is 24.9 Å². The lowest BCUT2D eigenvalue weighted by Crippen LogP contribution is -2.00. The van der Waals surface area contributed by atoms with Crippen LogP contribution in [0.15, 0.2) is 156 Å². The van der Waals surface area contributed by atoms with Crippen LogP contribution in [-0.4, -0.2) is 24.9 Å². The molecule has 0 bridgehead atoms. The summed E-state index contributed by atoms with van der Waals surface area (Å²) in [4.78, 5) is 25.1. The molecule has 10 aromatic rings. The number of hydrogen-bond donors (Lipinski definition) is 0. The van der Waals surface area contributed by atoms with Crippen LogP contribution < -0.4 is 0 Å². The van der Waals surface area contributed by atoms with Crippen molar-refractivity contribution in [2.24, 2.45) is 0 Å². The van der Waals surface area contributed by atoms with E-state index in [1.807, 2.05) is 97.1 Å². The van der Waals surface area contributed by atoms with Gasteiger partial charge in [-0.15, -0.1) is 11.3 Å². The average Bonchev–Trinajstić information content (AvgIpc) is 3.76. The lowest BCUT2D eigenvalue weighted by Gasteiger charge is -2.08. The number of aromatic nitrogens is 5. The van der Waals surface area contributed by atoms with E-state index in [9.17, 15) is 0 Å². The highest BCUT2D eigenvalue weighted by Gasteiger charge is 2.20. The Balaban J connectivity index is 1.15. The average molecular weight is 660 g/mol. The molecule has 0 radical (unpaired) electrons. The molecular weight excluding hydrogens is 635 g/mol. The topological polar surface area (TPSA) is 77.6 Å². The van der Waals surface area contributed by atoms with E-state index in [1.54, 1.807) is 11.3 Å². The molecule has 0 saturated heterocycles. The van der Waals surface area contributed by atoms with E-state index in [0.717, 1.165) is 65.5 Å². The van der Waals surface area contributed by atoms with Gasteiger partial charge in [-0.1, -0.05) is 127 Å². The quantitative estimate of drug-likeness (QED) is 0.183. The fraction of sp³-hybridized carbons (Fsp3) is 0. The molecule has 6 nitrogen and oxygen atoms in total. The molecule has 0 spiro atoms. The lowest BCUT2D eigenvalue weighted by molar-refractivity contribution is 0.669. The zero-order chi connectivity index (χ0) is 33.0. The highest BCUT2D eigenvalue weighted by Crippen LogP contribution is 2.41. The van der Waals surface area contributed by atoms with Crippen molar-refractivity contribution in [1.82, 2.24) is 24.9 Å². The van der Waals surface area contributed by atoms with E-state index in [4.69, 9.17) is 29.3 Å². The number of nitrogens with zero attached hydrogens (tertiary/aromatic N) is 5. The van der Waals surface area contributed by atoms with Gasteiger partial charge in [0.1, 0.15) is 11.2 Å². The molecule has 0 atom stereocenters. The molecule has 0 N–H and O–H groups in total. The smallest absolute Gasteiger partial charge is 0.167 e. The van der Waals surface area contributed by atoms with Crippen molar-refractivity contribution in [2.75, 3.05) is 0 Å². The van der Waals surface area contributed by atoms with Crippen molar-refractivity contribution in [3.63, 3.8) is 0 Å². The number of furan rings is 1. The maximum Gasteiger partial charge on any atom is 0.167 e. The molecule has 0 aliphatic rings. The van der Waals surface area contributed by atoms with Gasteiger partial charge < -0.3 is 4.42 Å². The third-order valence-corrected chi connectivity index (χ3v) is 10.1. The molecule has 50 heavy (non-hydrogen) atoms. The Morgan fingerprint density at radius 3 is 1.74 bits per heavy atom. The van der Waals surface area contributed by atoms with Crippen LogP contribution in [0.1, 0.15) is 0 Å². The predicted octanol–water partition coefficient (Wildman–Crippen LogP) is 11.3. The summed E-state index contributed by atoms with van der Waals surface area (Å²) in [6.45, 7) is 0. The van der Waals surface area contributed by atoms with Gasteiger partial charge in [0.25, 0.3) is 0 Å². The van der Waals surface area contributed by atoms with Crippen molar-refractivity contribution in [3.05, 3.63) is 152 Å². The van der Waals surface area contributed by atoms with E-state index in [2.05, 4.69) is 54.6 Å². The largest absolute Gasteiger partial charge is 0.455 e. The highest BCUT2D eigenvalue weighted by atomic mass is 32.1. The van der Waals surface area contributed by atoms with Crippen LogP contribution >= 0.6 is 11.3 Å². The molecule has 4 aromatic heterocycles. The van der Waals surface area contributed by atoms with Gasteiger partial charge in [-0.2, -0.15) is 0 Å². The van der Waals surface area contributed by atoms with Gasteiger partial charge in [-0.05, 0) is 24.3 Å². The molecule has 4 heterocycles. The Morgan fingerprint density at radius 1 is 0.420 bits per heavy atom. The van der Waals surface area contributed by atoms with Crippen LogP contribution in [0.25, 0.3) is 99.1 Å². The van der Waals surface area contributed by atoms with Crippen LogP contribution in [0.5, 0.6) is 0 Å². The molecule has 0 aliphatic carbocycles. The standard InChI is InChI=1S/C43H25N5OS/c1-4-13-26(14-5-1)36-39-37(32-19-10-11-22-35(32)50-39)45-42(44-36)29-23-24-30-31-20-12-21-33(38(31)49-34(30)25-29)43-47-40(27-15-6-2-7-16-27)46-41(48-43)28-17-8-3-9-18-28/h1-25H. The number of rotatable bonds is 5.